The van der Waals surface area contributed by atoms with Gasteiger partial charge in [0, 0.05) is 0 Å². The van der Waals surface area contributed by atoms with E-state index in [1.54, 1.807) is 0 Å². The first kappa shape index (κ1) is 22.6. The molecule has 1 N–H and O–H groups in total. The molecule has 0 spiro atoms. The first-order valence-corrected chi connectivity index (χ1v) is 13.3. The topological polar surface area (TPSA) is 46.2 Å². The first-order chi connectivity index (χ1) is 13.8. The van der Waals surface area contributed by atoms with Gasteiger partial charge in [0.05, 0.1) is 0 Å². The van der Waals surface area contributed by atoms with Crippen LogP contribution < -0.4 is 5.32 Å². The Morgan fingerprint density at radius 3 is 2.34 bits per heavy atom. The summed E-state index contributed by atoms with van der Waals surface area (Å²) in [4.78, 5) is 26.9. The minimum atomic E-state index is -0.144. The van der Waals surface area contributed by atoms with Gasteiger partial charge in [-0.3, -0.25) is 0 Å². The van der Waals surface area contributed by atoms with Crippen molar-refractivity contribution in [2.45, 2.75) is 88.8 Å². The van der Waals surface area contributed by atoms with Crippen LogP contribution in [0.15, 0.2) is 30.3 Å². The second kappa shape index (κ2) is 8.94. The maximum absolute atomic E-state index is 13.4. The van der Waals surface area contributed by atoms with Crippen molar-refractivity contribution in [3.8, 4) is 0 Å². The third kappa shape index (κ3) is 4.08. The van der Waals surface area contributed by atoms with Crippen molar-refractivity contribution in [2.24, 2.45) is 16.7 Å². The van der Waals surface area contributed by atoms with Crippen molar-refractivity contribution in [3.05, 3.63) is 35.9 Å². The predicted octanol–water partition coefficient (Wildman–Crippen LogP) is 5.69. The number of benzene rings is 1. The molecule has 3 nitrogen and oxygen atoms in total. The van der Waals surface area contributed by atoms with E-state index >= 15 is 0 Å². The number of carbonyl (C=O) groups excluding carboxylic acids is 2. The molecule has 0 aliphatic heterocycles. The van der Waals surface area contributed by atoms with E-state index in [-0.39, 0.29) is 42.6 Å². The van der Waals surface area contributed by atoms with Crippen LogP contribution in [0, 0.1) is 16.7 Å². The van der Waals surface area contributed by atoms with E-state index in [1.165, 1.54) is 6.42 Å². The molecule has 1 aromatic carbocycles. The van der Waals surface area contributed by atoms with Crippen LogP contribution in [0.3, 0.4) is 0 Å². The van der Waals surface area contributed by atoms with Gasteiger partial charge in [-0.2, -0.15) is 0 Å². The fourth-order valence-corrected chi connectivity index (χ4v) is 10.1. The Morgan fingerprint density at radius 1 is 1.14 bits per heavy atom. The average molecular weight is 463 g/mol. The molecule has 1 amide bonds. The molecule has 0 heterocycles. The second-order valence-electron chi connectivity index (χ2n) is 9.68. The van der Waals surface area contributed by atoms with E-state index in [2.05, 4.69) is 39.9 Å². The molecule has 29 heavy (non-hydrogen) atoms. The monoisotopic (exact) mass is 463 g/mol. The number of nitrogens with one attached hydrogen (secondary N) is 1. The Bertz CT molecular complexity index is 732. The number of ketones is 1. The summed E-state index contributed by atoms with van der Waals surface area (Å²) in [6, 6.07) is 9.67. The fraction of sp³-hybridized carbons (Fsp3) is 0.680. The number of Topliss-reactive ketones (excluding diaryl/α,β-unsaturated/α-hetero) is 1. The zero-order valence-electron chi connectivity index (χ0n) is 18.7. The van der Waals surface area contributed by atoms with Crippen LogP contribution in [0.2, 0.25) is 9.63 Å². The maximum atomic E-state index is 13.4. The summed E-state index contributed by atoms with van der Waals surface area (Å²) in [5.74, 6) is 1.06. The van der Waals surface area contributed by atoms with Crippen molar-refractivity contribution < 1.29 is 9.59 Å². The molecule has 2 bridgehead atoms. The molecule has 4 heteroatoms. The van der Waals surface area contributed by atoms with Crippen LogP contribution >= 0.6 is 0 Å². The predicted molar refractivity (Wildman–Crippen MR) is 120 cm³/mol. The Hall–Kier alpha value is -1.12. The van der Waals surface area contributed by atoms with Crippen molar-refractivity contribution in [2.75, 3.05) is 0 Å². The number of hydrogen-bond acceptors (Lipinski definition) is 2. The molecule has 0 radical (unpaired) electrons. The Labute approximate surface area is 183 Å². The molecule has 3 rings (SSSR count). The molecular formula is C25H37NO2Se. The zero-order chi connectivity index (χ0) is 21.2. The van der Waals surface area contributed by atoms with Gasteiger partial charge in [0.2, 0.25) is 0 Å². The Balaban J connectivity index is 1.78. The molecule has 1 aromatic rings. The number of amides is 1. The van der Waals surface area contributed by atoms with Gasteiger partial charge in [-0.05, 0) is 0 Å². The van der Waals surface area contributed by atoms with E-state index in [0.717, 1.165) is 37.7 Å². The van der Waals surface area contributed by atoms with Gasteiger partial charge < -0.3 is 0 Å². The number of hydrogen-bond donors (Lipinski definition) is 1. The molecule has 0 aromatic heterocycles. The van der Waals surface area contributed by atoms with E-state index < -0.39 is 0 Å². The third-order valence-electron chi connectivity index (χ3n) is 7.77. The molecule has 2 aliphatic carbocycles. The number of fused-ring (bicyclic) bond motifs is 2. The summed E-state index contributed by atoms with van der Waals surface area (Å²) in [6.45, 7) is 11.2. The summed E-state index contributed by atoms with van der Waals surface area (Å²) in [5, 5.41) is 3.35. The van der Waals surface area contributed by atoms with Gasteiger partial charge in [-0.1, -0.05) is 0 Å². The van der Waals surface area contributed by atoms with E-state index in [9.17, 15) is 9.59 Å². The van der Waals surface area contributed by atoms with Gasteiger partial charge in [0.1, 0.15) is 0 Å². The van der Waals surface area contributed by atoms with Crippen LogP contribution in [0.1, 0.15) is 83.5 Å². The summed E-state index contributed by atoms with van der Waals surface area (Å²) in [7, 11) is 0. The van der Waals surface area contributed by atoms with Crippen LogP contribution in [0.25, 0.3) is 0 Å². The number of carbonyl (C=O) groups is 2. The third-order valence-corrected chi connectivity index (χ3v) is 11.4. The van der Waals surface area contributed by atoms with Gasteiger partial charge in [0.15, 0.2) is 0 Å². The van der Waals surface area contributed by atoms with Crippen LogP contribution in [0.4, 0.5) is 0 Å². The van der Waals surface area contributed by atoms with Crippen molar-refractivity contribution in [1.82, 2.24) is 5.32 Å². The van der Waals surface area contributed by atoms with Crippen molar-refractivity contribution >= 4 is 26.6 Å². The Morgan fingerprint density at radius 2 is 1.79 bits per heavy atom. The molecule has 3 unspecified atom stereocenters. The molecule has 2 aliphatic rings. The summed E-state index contributed by atoms with van der Waals surface area (Å²) < 4.78 is 0. The van der Waals surface area contributed by atoms with Crippen LogP contribution in [0.5, 0.6) is 0 Å². The van der Waals surface area contributed by atoms with E-state index in [0.29, 0.717) is 16.5 Å². The quantitative estimate of drug-likeness (QED) is 0.479. The van der Waals surface area contributed by atoms with E-state index in [4.69, 9.17) is 0 Å². The molecule has 2 fully saturated rings. The molecule has 2 saturated carbocycles. The number of rotatable bonds is 9. The van der Waals surface area contributed by atoms with Crippen LogP contribution in [-0.4, -0.2) is 32.7 Å². The van der Waals surface area contributed by atoms with Gasteiger partial charge in [0.25, 0.3) is 0 Å². The summed E-state index contributed by atoms with van der Waals surface area (Å²) in [5.41, 5.74) is 0.691. The SMILES string of the molecule is CCC[C@H](NC(=O)c1ccccc1)[C@@H](CCC)[Se]C1C(=O)C2(C)CCC1C2(C)C. The van der Waals surface area contributed by atoms with E-state index in [1.807, 2.05) is 30.3 Å². The normalized spacial score (nSPS) is 29.6. The summed E-state index contributed by atoms with van der Waals surface area (Å²) >= 11 is 0.219. The van der Waals surface area contributed by atoms with Gasteiger partial charge in [-0.15, -0.1) is 0 Å². The van der Waals surface area contributed by atoms with Crippen molar-refractivity contribution in [1.29, 1.82) is 0 Å². The fourth-order valence-electron chi connectivity index (χ4n) is 5.50. The molecule has 160 valence electrons. The second-order valence-corrected chi connectivity index (χ2v) is 12.6. The molecular weight excluding hydrogens is 425 g/mol. The standard InChI is InChI=1S/C25H37NO2Se/c1-6-11-19(26-23(28)17-13-9-8-10-14-17)20(12-7-2)29-21-18-15-16-25(5,22(21)27)24(18,3)4/h8-10,13-14,18-21H,6-7,11-12,15-16H2,1-5H3,(H,26,28)/t18?,19-,20+,21?,25?/m0/s1. The average Bonchev–Trinajstić information content (AvgIpc) is 3.01. The van der Waals surface area contributed by atoms with Crippen LogP contribution in [-0.2, 0) is 4.79 Å². The summed E-state index contributed by atoms with van der Waals surface area (Å²) in [6.07, 6.45) is 6.46. The molecule has 5 atom stereocenters. The van der Waals surface area contributed by atoms with Gasteiger partial charge in [-0.25, -0.2) is 0 Å². The van der Waals surface area contributed by atoms with Gasteiger partial charge >= 0.3 is 183 Å². The Kier molecular flexibility index (Phi) is 6.95. The first-order valence-electron chi connectivity index (χ1n) is 11.3. The minimum absolute atomic E-state index is 0.0208. The zero-order valence-corrected chi connectivity index (χ0v) is 20.4. The molecule has 0 saturated heterocycles. The van der Waals surface area contributed by atoms with Crippen molar-refractivity contribution in [3.63, 3.8) is 0 Å².